The number of carbonyl (C=O) groups excluding carboxylic acids is 1. The number of likely N-dealkylation sites (tertiary alicyclic amines) is 1. The highest BCUT2D eigenvalue weighted by Gasteiger charge is 2.59. The molecule has 1 amide bonds. The summed E-state index contributed by atoms with van der Waals surface area (Å²) in [4.78, 5) is 15.4. The van der Waals surface area contributed by atoms with Gasteiger partial charge in [-0.05, 0) is 59.4 Å². The van der Waals surface area contributed by atoms with Crippen LogP contribution in [0.2, 0.25) is 0 Å². The highest BCUT2D eigenvalue weighted by atomic mass is 16.5. The van der Waals surface area contributed by atoms with Crippen molar-refractivity contribution in [3.8, 4) is 5.75 Å². The van der Waals surface area contributed by atoms with Gasteiger partial charge in [0.15, 0.2) is 0 Å². The zero-order chi connectivity index (χ0) is 22.4. The van der Waals surface area contributed by atoms with Crippen LogP contribution in [0.15, 0.2) is 84.9 Å². The molecule has 4 unspecified atom stereocenters. The maximum absolute atomic E-state index is 13.3. The summed E-state index contributed by atoms with van der Waals surface area (Å²) in [5, 5.41) is 0. The predicted octanol–water partition coefficient (Wildman–Crippen LogP) is 5.66. The second-order valence-electron chi connectivity index (χ2n) is 9.66. The summed E-state index contributed by atoms with van der Waals surface area (Å²) < 4.78 is 5.44. The van der Waals surface area contributed by atoms with Crippen LogP contribution in [0.4, 0.5) is 0 Å². The average molecular weight is 436 g/mol. The van der Waals surface area contributed by atoms with E-state index in [9.17, 15) is 4.79 Å². The highest BCUT2D eigenvalue weighted by molar-refractivity contribution is 5.92. The first kappa shape index (κ1) is 20.3. The number of ether oxygens (including phenoxy) is 1. The molecule has 2 fully saturated rings. The van der Waals surface area contributed by atoms with Gasteiger partial charge in [-0.3, -0.25) is 4.79 Å². The lowest BCUT2D eigenvalue weighted by atomic mass is 9.47. The maximum atomic E-state index is 13.3. The monoisotopic (exact) mass is 435 g/mol. The average Bonchev–Trinajstić information content (AvgIpc) is 3.36. The normalized spacial score (nSPS) is 27.4. The molecule has 4 atom stereocenters. The van der Waals surface area contributed by atoms with Crippen LogP contribution in [-0.2, 0) is 10.2 Å². The lowest BCUT2D eigenvalue weighted by Crippen LogP contribution is -2.51. The van der Waals surface area contributed by atoms with Crippen LogP contribution in [0.5, 0.6) is 5.75 Å². The van der Waals surface area contributed by atoms with Gasteiger partial charge < -0.3 is 9.64 Å². The number of benzene rings is 3. The molecule has 1 heterocycles. The molecule has 3 nitrogen and oxygen atoms in total. The molecule has 3 aromatic carbocycles. The van der Waals surface area contributed by atoms with Crippen molar-refractivity contribution in [2.75, 3.05) is 20.2 Å². The largest absolute Gasteiger partial charge is 0.496 e. The fourth-order valence-corrected chi connectivity index (χ4v) is 6.99. The highest BCUT2D eigenvalue weighted by Crippen LogP contribution is 2.63. The summed E-state index contributed by atoms with van der Waals surface area (Å²) in [6, 6.07) is 27.9. The molecule has 2 bridgehead atoms. The third-order valence-electron chi connectivity index (χ3n) is 8.35. The number of carbonyl (C=O) groups is 1. The van der Waals surface area contributed by atoms with E-state index >= 15 is 0 Å². The van der Waals surface area contributed by atoms with Gasteiger partial charge >= 0.3 is 0 Å². The van der Waals surface area contributed by atoms with E-state index in [-0.39, 0.29) is 11.3 Å². The Balaban J connectivity index is 1.35. The van der Waals surface area contributed by atoms with Crippen molar-refractivity contribution in [3.63, 3.8) is 0 Å². The Labute approximate surface area is 195 Å². The predicted molar refractivity (Wildman–Crippen MR) is 131 cm³/mol. The van der Waals surface area contributed by atoms with Gasteiger partial charge in [0.1, 0.15) is 5.75 Å². The zero-order valence-corrected chi connectivity index (χ0v) is 19.0. The van der Waals surface area contributed by atoms with Crippen LogP contribution < -0.4 is 4.74 Å². The van der Waals surface area contributed by atoms with E-state index in [4.69, 9.17) is 4.74 Å². The smallest absolute Gasteiger partial charge is 0.246 e. The maximum Gasteiger partial charge on any atom is 0.246 e. The van der Waals surface area contributed by atoms with E-state index in [1.54, 1.807) is 13.2 Å². The van der Waals surface area contributed by atoms with Crippen molar-refractivity contribution in [2.24, 2.45) is 11.8 Å². The summed E-state index contributed by atoms with van der Waals surface area (Å²) in [6.45, 7) is 1.66. The minimum absolute atomic E-state index is 0.00132. The van der Waals surface area contributed by atoms with E-state index in [0.717, 1.165) is 24.4 Å². The van der Waals surface area contributed by atoms with Crippen molar-refractivity contribution in [1.29, 1.82) is 0 Å². The summed E-state index contributed by atoms with van der Waals surface area (Å²) in [5.74, 6) is 2.40. The van der Waals surface area contributed by atoms with Gasteiger partial charge in [0, 0.05) is 30.1 Å². The molecule has 166 valence electrons. The first-order chi connectivity index (χ1) is 16.2. The molecule has 4 aliphatic rings. The van der Waals surface area contributed by atoms with E-state index in [0.29, 0.717) is 17.8 Å². The van der Waals surface area contributed by atoms with Crippen LogP contribution in [0.1, 0.15) is 41.0 Å². The number of hydrogen-bond donors (Lipinski definition) is 0. The molecule has 1 aliphatic heterocycles. The number of para-hydroxylation sites is 1. The number of fused-ring (bicyclic) bond motifs is 1. The number of hydrogen-bond acceptors (Lipinski definition) is 2. The van der Waals surface area contributed by atoms with Crippen LogP contribution in [-0.4, -0.2) is 31.0 Å². The molecule has 1 saturated carbocycles. The third-order valence-corrected chi connectivity index (χ3v) is 8.35. The summed E-state index contributed by atoms with van der Waals surface area (Å²) in [5.41, 5.74) is 5.33. The summed E-state index contributed by atoms with van der Waals surface area (Å²) >= 11 is 0. The van der Waals surface area contributed by atoms with E-state index < -0.39 is 0 Å². The van der Waals surface area contributed by atoms with E-state index in [1.165, 1.54) is 29.5 Å². The van der Waals surface area contributed by atoms with Crippen LogP contribution >= 0.6 is 0 Å². The minimum Gasteiger partial charge on any atom is -0.496 e. The lowest BCUT2D eigenvalue weighted by molar-refractivity contribution is -0.125. The zero-order valence-electron chi connectivity index (χ0n) is 19.0. The Morgan fingerprint density at radius 1 is 0.970 bits per heavy atom. The Kier molecular flexibility index (Phi) is 4.86. The second kappa shape index (κ2) is 7.91. The number of methoxy groups -OCH3 is 1. The quantitative estimate of drug-likeness (QED) is 0.495. The van der Waals surface area contributed by atoms with Gasteiger partial charge in [-0.25, -0.2) is 0 Å². The third kappa shape index (κ3) is 3.06. The topological polar surface area (TPSA) is 29.5 Å². The van der Waals surface area contributed by atoms with Crippen molar-refractivity contribution in [2.45, 2.75) is 24.2 Å². The Bertz CT molecular complexity index is 1220. The van der Waals surface area contributed by atoms with Crippen LogP contribution in [0, 0.1) is 11.8 Å². The standard InChI is InChI=1S/C30H29NO2/c1-33-28-14-8-5-9-21(28)15-16-29(32)31-19-25-23-17-18-30(27(25)20-31,22-10-3-2-4-11-22)26-13-7-6-12-24(23)26/h2-16,23,25,27H,17-20H2,1H3. The molecule has 0 aromatic heterocycles. The fraction of sp³-hybridized carbons (Fsp3) is 0.300. The molecular formula is C30H29NO2. The van der Waals surface area contributed by atoms with Crippen molar-refractivity contribution >= 4 is 12.0 Å². The van der Waals surface area contributed by atoms with E-state index in [2.05, 4.69) is 59.5 Å². The van der Waals surface area contributed by atoms with Crippen molar-refractivity contribution in [1.82, 2.24) is 4.90 Å². The molecule has 7 rings (SSSR count). The SMILES string of the molecule is COc1ccccc1C=CC(=O)N1CC2C3CCC(c4ccccc4)(c4ccccc43)C2C1. The molecule has 33 heavy (non-hydrogen) atoms. The molecule has 0 N–H and O–H groups in total. The van der Waals surface area contributed by atoms with Crippen LogP contribution in [0.3, 0.4) is 0 Å². The first-order valence-corrected chi connectivity index (χ1v) is 12.0. The minimum atomic E-state index is -0.00132. The van der Waals surface area contributed by atoms with Gasteiger partial charge in [0.2, 0.25) is 5.91 Å². The van der Waals surface area contributed by atoms with Crippen molar-refractivity contribution in [3.05, 3.63) is 107 Å². The van der Waals surface area contributed by atoms with Gasteiger partial charge in [-0.15, -0.1) is 0 Å². The van der Waals surface area contributed by atoms with E-state index in [1.807, 2.05) is 30.3 Å². The molecule has 3 aromatic rings. The number of amides is 1. The van der Waals surface area contributed by atoms with Crippen LogP contribution in [0.25, 0.3) is 6.08 Å². The van der Waals surface area contributed by atoms with Crippen molar-refractivity contribution < 1.29 is 9.53 Å². The summed E-state index contributed by atoms with van der Waals surface area (Å²) in [7, 11) is 1.66. The number of nitrogens with zero attached hydrogens (tertiary/aromatic N) is 1. The second-order valence-corrected chi connectivity index (χ2v) is 9.66. The fourth-order valence-electron chi connectivity index (χ4n) is 6.99. The Hall–Kier alpha value is -3.33. The molecule has 1 saturated heterocycles. The lowest BCUT2D eigenvalue weighted by Gasteiger charge is -2.55. The first-order valence-electron chi connectivity index (χ1n) is 12.0. The van der Waals surface area contributed by atoms with Gasteiger partial charge in [-0.1, -0.05) is 72.8 Å². The molecule has 0 spiro atoms. The molecule has 3 heteroatoms. The Morgan fingerprint density at radius 2 is 1.73 bits per heavy atom. The van der Waals surface area contributed by atoms with Gasteiger partial charge in [-0.2, -0.15) is 0 Å². The summed E-state index contributed by atoms with van der Waals surface area (Å²) in [6.07, 6.45) is 5.98. The number of rotatable bonds is 4. The molecular weight excluding hydrogens is 406 g/mol. The van der Waals surface area contributed by atoms with Gasteiger partial charge in [0.05, 0.1) is 7.11 Å². The Morgan fingerprint density at radius 3 is 2.58 bits per heavy atom. The van der Waals surface area contributed by atoms with Gasteiger partial charge in [0.25, 0.3) is 0 Å². The molecule has 3 aliphatic carbocycles. The molecule has 0 radical (unpaired) electrons.